The van der Waals surface area contributed by atoms with Gasteiger partial charge in [-0.3, -0.25) is 4.79 Å². The lowest BCUT2D eigenvalue weighted by atomic mass is 10.1. The normalized spacial score (nSPS) is 13.0. The molecule has 0 fully saturated rings. The van der Waals surface area contributed by atoms with E-state index in [0.29, 0.717) is 12.1 Å². The van der Waals surface area contributed by atoms with Crippen molar-refractivity contribution in [2.75, 3.05) is 11.4 Å². The predicted molar refractivity (Wildman–Crippen MR) is 91.3 cm³/mol. The summed E-state index contributed by atoms with van der Waals surface area (Å²) in [7, 11) is 0. The summed E-state index contributed by atoms with van der Waals surface area (Å²) in [6.45, 7) is 4.52. The maximum absolute atomic E-state index is 11.9. The summed E-state index contributed by atoms with van der Waals surface area (Å²) in [6, 6.07) is 13.9. The molecule has 1 amide bonds. The topological polar surface area (TPSA) is 52.6 Å². The van der Waals surface area contributed by atoms with Gasteiger partial charge in [-0.15, -0.1) is 0 Å². The lowest BCUT2D eigenvalue weighted by molar-refractivity contribution is 0.0953. The third kappa shape index (κ3) is 3.37. The Hall–Kier alpha value is -2.33. The van der Waals surface area contributed by atoms with Crippen LogP contribution in [-0.4, -0.2) is 17.6 Å². The summed E-state index contributed by atoms with van der Waals surface area (Å²) in [5.74, 6) is -0.0179. The van der Waals surface area contributed by atoms with Crippen LogP contribution in [0.1, 0.15) is 40.4 Å². The molecule has 2 aromatic rings. The fourth-order valence-electron chi connectivity index (χ4n) is 2.89. The van der Waals surface area contributed by atoms with Crippen LogP contribution in [0.4, 0.5) is 5.69 Å². The average Bonchev–Trinajstić information content (AvgIpc) is 3.02. The first-order valence-electron chi connectivity index (χ1n) is 8.06. The van der Waals surface area contributed by atoms with Gasteiger partial charge in [0.2, 0.25) is 0 Å². The molecule has 4 nitrogen and oxygen atoms in total. The van der Waals surface area contributed by atoms with Gasteiger partial charge in [-0.05, 0) is 47.4 Å². The van der Waals surface area contributed by atoms with Crippen molar-refractivity contribution in [1.82, 2.24) is 5.32 Å². The van der Waals surface area contributed by atoms with Gasteiger partial charge in [0.15, 0.2) is 0 Å². The number of carbonyl (C=O) groups excluding carboxylic acids is 1. The van der Waals surface area contributed by atoms with E-state index in [1.807, 2.05) is 37.3 Å². The van der Waals surface area contributed by atoms with Crippen molar-refractivity contribution < 1.29 is 9.90 Å². The summed E-state index contributed by atoms with van der Waals surface area (Å²) in [4.78, 5) is 14.2. The molecule has 2 aromatic carbocycles. The monoisotopic (exact) mass is 310 g/mol. The van der Waals surface area contributed by atoms with Crippen molar-refractivity contribution in [3.8, 4) is 0 Å². The number of amides is 1. The number of nitrogens with zero attached hydrogens (tertiary/aromatic N) is 1. The molecule has 0 aliphatic carbocycles. The molecule has 3 rings (SSSR count). The maximum Gasteiger partial charge on any atom is 0.251 e. The van der Waals surface area contributed by atoms with Gasteiger partial charge in [0.05, 0.1) is 6.61 Å². The van der Waals surface area contributed by atoms with Crippen LogP contribution in [0.25, 0.3) is 0 Å². The number of hydrogen-bond acceptors (Lipinski definition) is 3. The van der Waals surface area contributed by atoms with Gasteiger partial charge >= 0.3 is 0 Å². The summed E-state index contributed by atoms with van der Waals surface area (Å²) in [5.41, 5.74) is 5.32. The number of fused-ring (bicyclic) bond motifs is 1. The number of rotatable bonds is 5. The Kier molecular flexibility index (Phi) is 4.63. The second-order valence-corrected chi connectivity index (χ2v) is 5.92. The van der Waals surface area contributed by atoms with Crippen LogP contribution in [0.15, 0.2) is 42.5 Å². The lowest BCUT2D eigenvalue weighted by Crippen LogP contribution is -2.24. The zero-order valence-corrected chi connectivity index (χ0v) is 13.4. The molecule has 0 spiro atoms. The van der Waals surface area contributed by atoms with E-state index in [1.54, 1.807) is 0 Å². The van der Waals surface area contributed by atoms with Crippen molar-refractivity contribution >= 4 is 11.6 Å². The molecule has 1 heterocycles. The van der Waals surface area contributed by atoms with Crippen LogP contribution >= 0.6 is 0 Å². The minimum absolute atomic E-state index is 0.0179. The van der Waals surface area contributed by atoms with Crippen molar-refractivity contribution in [2.24, 2.45) is 0 Å². The van der Waals surface area contributed by atoms with Crippen molar-refractivity contribution in [3.63, 3.8) is 0 Å². The molecule has 0 unspecified atom stereocenters. The zero-order chi connectivity index (χ0) is 16.2. The largest absolute Gasteiger partial charge is 0.392 e. The smallest absolute Gasteiger partial charge is 0.251 e. The molecule has 4 heteroatoms. The molecule has 23 heavy (non-hydrogen) atoms. The van der Waals surface area contributed by atoms with Crippen LogP contribution in [-0.2, 0) is 19.7 Å². The van der Waals surface area contributed by atoms with Gasteiger partial charge in [-0.1, -0.05) is 25.1 Å². The zero-order valence-electron chi connectivity index (χ0n) is 13.4. The molecule has 0 saturated carbocycles. The number of hydrogen-bond donors (Lipinski definition) is 2. The number of nitrogens with one attached hydrogen (secondary N) is 1. The molecule has 1 aliphatic heterocycles. The van der Waals surface area contributed by atoms with Gasteiger partial charge < -0.3 is 15.3 Å². The average molecular weight is 310 g/mol. The molecule has 0 aromatic heterocycles. The fraction of sp³-hybridized carbons (Fsp3) is 0.316. The first-order chi connectivity index (χ1) is 11.2. The minimum Gasteiger partial charge on any atom is -0.392 e. The predicted octanol–water partition coefficient (Wildman–Crippen LogP) is 2.84. The van der Waals surface area contributed by atoms with E-state index in [9.17, 15) is 9.90 Å². The maximum atomic E-state index is 11.9. The number of anilines is 1. The van der Waals surface area contributed by atoms with E-state index < -0.39 is 0 Å². The summed E-state index contributed by atoms with van der Waals surface area (Å²) in [6.07, 6.45) is 0.936. The minimum atomic E-state index is -0.0179. The molecular formula is C19H22N2O2. The van der Waals surface area contributed by atoms with E-state index in [0.717, 1.165) is 30.8 Å². The summed E-state index contributed by atoms with van der Waals surface area (Å²) >= 11 is 0. The number of carbonyl (C=O) groups is 1. The third-order valence-electron chi connectivity index (χ3n) is 4.21. The lowest BCUT2D eigenvalue weighted by Gasteiger charge is -2.18. The van der Waals surface area contributed by atoms with Crippen molar-refractivity contribution in [2.45, 2.75) is 33.0 Å². The molecule has 1 aliphatic rings. The fourth-order valence-corrected chi connectivity index (χ4v) is 2.89. The molecular weight excluding hydrogens is 288 g/mol. The van der Waals surface area contributed by atoms with Crippen LogP contribution < -0.4 is 10.2 Å². The van der Waals surface area contributed by atoms with Gasteiger partial charge in [0.1, 0.15) is 0 Å². The molecule has 0 saturated heterocycles. The highest BCUT2D eigenvalue weighted by molar-refractivity contribution is 5.94. The Bertz CT molecular complexity index is 695. The second-order valence-electron chi connectivity index (χ2n) is 5.92. The highest BCUT2D eigenvalue weighted by Crippen LogP contribution is 2.29. The van der Waals surface area contributed by atoms with E-state index in [4.69, 9.17) is 0 Å². The number of aliphatic hydroxyl groups excluding tert-OH is 1. The Morgan fingerprint density at radius 1 is 1.13 bits per heavy atom. The van der Waals surface area contributed by atoms with Gasteiger partial charge in [-0.25, -0.2) is 0 Å². The summed E-state index contributed by atoms with van der Waals surface area (Å²) < 4.78 is 0. The Balaban J connectivity index is 1.70. The highest BCUT2D eigenvalue weighted by atomic mass is 16.3. The van der Waals surface area contributed by atoms with Gasteiger partial charge in [-0.2, -0.15) is 0 Å². The second kappa shape index (κ2) is 6.84. The van der Waals surface area contributed by atoms with E-state index in [-0.39, 0.29) is 12.5 Å². The molecule has 120 valence electrons. The van der Waals surface area contributed by atoms with Crippen LogP contribution in [0.2, 0.25) is 0 Å². The van der Waals surface area contributed by atoms with Crippen molar-refractivity contribution in [3.05, 3.63) is 64.7 Å². The van der Waals surface area contributed by atoms with E-state index in [2.05, 4.69) is 22.3 Å². The Labute approximate surface area is 136 Å². The first-order valence-corrected chi connectivity index (χ1v) is 8.06. The summed E-state index contributed by atoms with van der Waals surface area (Å²) in [5, 5.41) is 12.1. The quantitative estimate of drug-likeness (QED) is 0.893. The molecule has 0 radical (unpaired) electrons. The molecule has 0 atom stereocenters. The van der Waals surface area contributed by atoms with Crippen LogP contribution in [0, 0.1) is 0 Å². The molecule has 0 bridgehead atoms. The van der Waals surface area contributed by atoms with E-state index in [1.165, 1.54) is 11.1 Å². The van der Waals surface area contributed by atoms with Crippen LogP contribution in [0.3, 0.4) is 0 Å². The standard InChI is InChI=1S/C19H22N2O2/c1-2-9-20-19(23)15-5-7-18(8-6-15)21-11-16-4-3-14(13-22)10-17(16)12-21/h3-8,10,22H,2,9,11-13H2,1H3,(H,20,23). The first kappa shape index (κ1) is 15.6. The Morgan fingerprint density at radius 2 is 1.87 bits per heavy atom. The SMILES string of the molecule is CCCNC(=O)c1ccc(N2Cc3ccc(CO)cc3C2)cc1. The Morgan fingerprint density at radius 3 is 2.57 bits per heavy atom. The number of benzene rings is 2. The highest BCUT2D eigenvalue weighted by Gasteiger charge is 2.19. The number of aliphatic hydroxyl groups is 1. The van der Waals surface area contributed by atoms with Crippen LogP contribution in [0.5, 0.6) is 0 Å². The van der Waals surface area contributed by atoms with E-state index >= 15 is 0 Å². The van der Waals surface area contributed by atoms with Gasteiger partial charge in [0, 0.05) is 30.9 Å². The van der Waals surface area contributed by atoms with Gasteiger partial charge in [0.25, 0.3) is 5.91 Å². The molecule has 2 N–H and O–H groups in total. The third-order valence-corrected chi connectivity index (χ3v) is 4.21. The van der Waals surface area contributed by atoms with Crippen molar-refractivity contribution in [1.29, 1.82) is 0 Å².